The monoisotopic (exact) mass is 391 g/mol. The summed E-state index contributed by atoms with van der Waals surface area (Å²) in [5, 5.41) is 4.61. The second-order valence-corrected chi connectivity index (χ2v) is 5.07. The number of aromatic nitrogens is 2. The van der Waals surface area contributed by atoms with Crippen LogP contribution >= 0.6 is 24.0 Å². The molecule has 2 N–H and O–H groups in total. The summed E-state index contributed by atoms with van der Waals surface area (Å²) >= 11 is 0. The van der Waals surface area contributed by atoms with Crippen LogP contribution in [0, 0.1) is 0 Å². The first-order valence-electron chi connectivity index (χ1n) is 7.33. The Labute approximate surface area is 138 Å². The van der Waals surface area contributed by atoms with Gasteiger partial charge in [-0.3, -0.25) is 4.68 Å². The summed E-state index contributed by atoms with van der Waals surface area (Å²) in [4.78, 5) is 6.47. The molecule has 0 radical (unpaired) electrons. The smallest absolute Gasteiger partial charge is 0.191 e. The molecule has 114 valence electrons. The number of nitrogens with zero attached hydrogens (tertiary/aromatic N) is 4. The van der Waals surface area contributed by atoms with Gasteiger partial charge in [0.25, 0.3) is 0 Å². The molecule has 20 heavy (non-hydrogen) atoms. The van der Waals surface area contributed by atoms with E-state index in [2.05, 4.69) is 40.9 Å². The molecule has 0 spiro atoms. The summed E-state index contributed by atoms with van der Waals surface area (Å²) in [5.74, 6) is 0.611. The number of hydrogen-bond donors (Lipinski definition) is 1. The number of nitrogens with two attached hydrogens (primary N) is 1. The Morgan fingerprint density at radius 1 is 1.40 bits per heavy atom. The van der Waals surface area contributed by atoms with Gasteiger partial charge in [-0.2, -0.15) is 5.10 Å². The van der Waals surface area contributed by atoms with Crippen LogP contribution in [-0.4, -0.2) is 33.7 Å². The second-order valence-electron chi connectivity index (χ2n) is 5.07. The number of hydrogen-bond acceptors (Lipinski definition) is 2. The zero-order valence-electron chi connectivity index (χ0n) is 12.5. The van der Waals surface area contributed by atoms with Crippen LogP contribution in [0.25, 0.3) is 0 Å². The lowest BCUT2D eigenvalue weighted by molar-refractivity contribution is 0.455. The molecular formula is C14H26IN5. The number of rotatable bonds is 5. The fourth-order valence-corrected chi connectivity index (χ4v) is 2.64. The van der Waals surface area contributed by atoms with Crippen LogP contribution in [0.15, 0.2) is 17.3 Å². The lowest BCUT2D eigenvalue weighted by Gasteiger charge is -2.19. The first-order valence-corrected chi connectivity index (χ1v) is 7.33. The molecule has 0 amide bonds. The molecule has 1 heterocycles. The first kappa shape index (κ1) is 17.3. The van der Waals surface area contributed by atoms with Gasteiger partial charge in [-0.25, -0.2) is 4.99 Å². The minimum absolute atomic E-state index is 0. The summed E-state index contributed by atoms with van der Waals surface area (Å²) in [6.07, 6.45) is 7.24. The number of halogens is 1. The molecular weight excluding hydrogens is 365 g/mol. The van der Waals surface area contributed by atoms with E-state index in [1.165, 1.54) is 25.7 Å². The molecule has 5 nitrogen and oxygen atoms in total. The fraction of sp³-hybridized carbons (Fsp3) is 0.714. The summed E-state index contributed by atoms with van der Waals surface area (Å²) < 4.78 is 2.10. The van der Waals surface area contributed by atoms with E-state index in [9.17, 15) is 0 Å². The van der Waals surface area contributed by atoms with Crippen LogP contribution in [0.2, 0.25) is 0 Å². The number of guanidine groups is 1. The Bertz CT molecular complexity index is 419. The Kier molecular flexibility index (Phi) is 7.32. The van der Waals surface area contributed by atoms with Gasteiger partial charge in [-0.05, 0) is 32.8 Å². The van der Waals surface area contributed by atoms with Crippen molar-refractivity contribution in [2.75, 3.05) is 13.1 Å². The number of aliphatic imine (C=N–C) groups is 1. The third kappa shape index (κ3) is 4.36. The van der Waals surface area contributed by atoms with Crippen molar-refractivity contribution >= 4 is 29.9 Å². The maximum Gasteiger partial charge on any atom is 0.191 e. The van der Waals surface area contributed by atoms with Crippen LogP contribution in [0.3, 0.4) is 0 Å². The van der Waals surface area contributed by atoms with Crippen molar-refractivity contribution in [2.45, 2.75) is 52.1 Å². The molecule has 0 atom stereocenters. The summed E-state index contributed by atoms with van der Waals surface area (Å²) in [6.45, 7) is 6.52. The van der Waals surface area contributed by atoms with Crippen molar-refractivity contribution in [3.05, 3.63) is 18.0 Å². The molecule has 0 aromatic carbocycles. The van der Waals surface area contributed by atoms with Crippen LogP contribution in [-0.2, 0) is 6.54 Å². The maximum atomic E-state index is 5.96. The van der Waals surface area contributed by atoms with Crippen molar-refractivity contribution in [3.63, 3.8) is 0 Å². The SMILES string of the molecule is CCN(CC)C(N)=NCc1ccn(C2CCCC2)n1.I. The normalized spacial score (nSPS) is 16.2. The van der Waals surface area contributed by atoms with E-state index in [-0.39, 0.29) is 24.0 Å². The van der Waals surface area contributed by atoms with Crippen molar-refractivity contribution in [1.82, 2.24) is 14.7 Å². The van der Waals surface area contributed by atoms with Gasteiger partial charge >= 0.3 is 0 Å². The lowest BCUT2D eigenvalue weighted by Crippen LogP contribution is -2.37. The molecule has 0 saturated heterocycles. The first-order chi connectivity index (χ1) is 9.24. The molecule has 6 heteroatoms. The molecule has 1 fully saturated rings. The van der Waals surface area contributed by atoms with Gasteiger partial charge in [0.2, 0.25) is 0 Å². The van der Waals surface area contributed by atoms with Crippen molar-refractivity contribution in [2.24, 2.45) is 10.7 Å². The Morgan fingerprint density at radius 2 is 2.05 bits per heavy atom. The van der Waals surface area contributed by atoms with Crippen LogP contribution in [0.1, 0.15) is 51.3 Å². The second kappa shape index (κ2) is 8.49. The standard InChI is InChI=1S/C14H25N5.HI/c1-3-18(4-2)14(15)16-11-12-9-10-19(17-12)13-7-5-6-8-13;/h9-10,13H,3-8,11H2,1-2H3,(H2,15,16);1H. The average molecular weight is 391 g/mol. The van der Waals surface area contributed by atoms with Gasteiger partial charge in [0.1, 0.15) is 0 Å². The molecule has 1 saturated carbocycles. The molecule has 2 rings (SSSR count). The van der Waals surface area contributed by atoms with E-state index in [4.69, 9.17) is 5.73 Å². The highest BCUT2D eigenvalue weighted by molar-refractivity contribution is 14.0. The van der Waals surface area contributed by atoms with Gasteiger partial charge in [0.15, 0.2) is 5.96 Å². The van der Waals surface area contributed by atoms with E-state index < -0.39 is 0 Å². The van der Waals surface area contributed by atoms with Gasteiger partial charge < -0.3 is 10.6 Å². The highest BCUT2D eigenvalue weighted by Crippen LogP contribution is 2.28. The highest BCUT2D eigenvalue weighted by atomic mass is 127. The quantitative estimate of drug-likeness (QED) is 0.477. The molecule has 0 unspecified atom stereocenters. The molecule has 0 aliphatic heterocycles. The van der Waals surface area contributed by atoms with Crippen LogP contribution in [0.5, 0.6) is 0 Å². The van der Waals surface area contributed by atoms with E-state index in [0.717, 1.165) is 18.8 Å². The van der Waals surface area contributed by atoms with Gasteiger partial charge in [-0.15, -0.1) is 24.0 Å². The molecule has 0 bridgehead atoms. The van der Waals surface area contributed by atoms with Gasteiger partial charge in [0, 0.05) is 19.3 Å². The van der Waals surface area contributed by atoms with Gasteiger partial charge in [0.05, 0.1) is 18.3 Å². The Balaban J connectivity index is 0.00000200. The molecule has 1 aromatic heterocycles. The molecule has 1 aromatic rings. The maximum absolute atomic E-state index is 5.96. The molecule has 1 aliphatic carbocycles. The van der Waals surface area contributed by atoms with E-state index in [1.54, 1.807) is 0 Å². The topological polar surface area (TPSA) is 59.4 Å². The third-order valence-corrected chi connectivity index (χ3v) is 3.85. The van der Waals surface area contributed by atoms with Crippen molar-refractivity contribution in [1.29, 1.82) is 0 Å². The largest absolute Gasteiger partial charge is 0.370 e. The van der Waals surface area contributed by atoms with Crippen LogP contribution < -0.4 is 5.73 Å². The predicted molar refractivity (Wildman–Crippen MR) is 93.4 cm³/mol. The minimum atomic E-state index is 0. The average Bonchev–Trinajstić information content (AvgIpc) is 3.08. The third-order valence-electron chi connectivity index (χ3n) is 3.85. The summed E-state index contributed by atoms with van der Waals surface area (Å²) in [5.41, 5.74) is 6.96. The van der Waals surface area contributed by atoms with Crippen molar-refractivity contribution < 1.29 is 0 Å². The minimum Gasteiger partial charge on any atom is -0.370 e. The molecule has 1 aliphatic rings. The predicted octanol–water partition coefficient (Wildman–Crippen LogP) is 2.77. The van der Waals surface area contributed by atoms with Gasteiger partial charge in [-0.1, -0.05) is 12.8 Å². The van der Waals surface area contributed by atoms with Crippen LogP contribution in [0.4, 0.5) is 0 Å². The zero-order chi connectivity index (χ0) is 13.7. The summed E-state index contributed by atoms with van der Waals surface area (Å²) in [7, 11) is 0. The summed E-state index contributed by atoms with van der Waals surface area (Å²) in [6, 6.07) is 2.65. The Morgan fingerprint density at radius 3 is 2.65 bits per heavy atom. The fourth-order valence-electron chi connectivity index (χ4n) is 2.64. The van der Waals surface area contributed by atoms with Crippen molar-refractivity contribution in [3.8, 4) is 0 Å². The van der Waals surface area contributed by atoms with E-state index >= 15 is 0 Å². The van der Waals surface area contributed by atoms with E-state index in [0.29, 0.717) is 18.5 Å². The lowest BCUT2D eigenvalue weighted by atomic mass is 10.3. The zero-order valence-corrected chi connectivity index (χ0v) is 14.8. The van der Waals surface area contributed by atoms with E-state index in [1.807, 2.05) is 4.90 Å². The Hall–Kier alpha value is -0.790. The highest BCUT2D eigenvalue weighted by Gasteiger charge is 2.17.